The second-order valence-corrected chi connectivity index (χ2v) is 8.15. The Morgan fingerprint density at radius 3 is 2.55 bits per heavy atom. The van der Waals surface area contributed by atoms with Crippen LogP contribution >= 0.6 is 24.0 Å². The zero-order chi connectivity index (χ0) is 19.8. The molecule has 0 heterocycles. The molecule has 1 aromatic rings. The lowest BCUT2D eigenvalue weighted by atomic mass is 9.96. The topological polar surface area (TPSA) is 66.0 Å². The van der Waals surface area contributed by atoms with Gasteiger partial charge in [-0.15, -0.1) is 24.0 Å². The summed E-state index contributed by atoms with van der Waals surface area (Å²) in [6.45, 7) is 1.56. The van der Waals surface area contributed by atoms with E-state index >= 15 is 0 Å². The summed E-state index contributed by atoms with van der Waals surface area (Å²) in [6.07, 6.45) is 8.67. The second-order valence-electron chi connectivity index (χ2n) is 8.15. The standard InChI is InChI=1S/C22H34N4O2.HI/c1-26(2)21(27)15-24-22(25-19-9-4-3-5-10-19)23-14-18-8-6-7-11-20(18)28-16-17-12-13-17;/h6-8,11,17,19H,3-5,9-10,12-16H2,1-2H3,(H2,23,24,25);1H. The number of hydrogen-bond acceptors (Lipinski definition) is 3. The quantitative estimate of drug-likeness (QED) is 0.317. The van der Waals surface area contributed by atoms with Crippen molar-refractivity contribution in [2.45, 2.75) is 57.5 Å². The van der Waals surface area contributed by atoms with Crippen LogP contribution < -0.4 is 15.4 Å². The van der Waals surface area contributed by atoms with Gasteiger partial charge in [-0.2, -0.15) is 0 Å². The molecule has 0 bridgehead atoms. The van der Waals surface area contributed by atoms with Gasteiger partial charge in [-0.3, -0.25) is 4.79 Å². The van der Waals surface area contributed by atoms with Gasteiger partial charge in [0, 0.05) is 25.7 Å². The van der Waals surface area contributed by atoms with E-state index in [0.717, 1.165) is 36.7 Å². The van der Waals surface area contributed by atoms with E-state index in [1.807, 2.05) is 18.2 Å². The van der Waals surface area contributed by atoms with Gasteiger partial charge in [0.1, 0.15) is 5.75 Å². The summed E-state index contributed by atoms with van der Waals surface area (Å²) in [5.74, 6) is 2.38. The average molecular weight is 514 g/mol. The molecule has 29 heavy (non-hydrogen) atoms. The maximum atomic E-state index is 12.0. The average Bonchev–Trinajstić information content (AvgIpc) is 3.54. The summed E-state index contributed by atoms with van der Waals surface area (Å²) in [5, 5.41) is 6.73. The first kappa shape index (κ1) is 23.8. The molecule has 2 aliphatic carbocycles. The largest absolute Gasteiger partial charge is 0.493 e. The number of amides is 1. The molecule has 2 saturated carbocycles. The molecule has 162 valence electrons. The van der Waals surface area contributed by atoms with Crippen LogP contribution in [0, 0.1) is 5.92 Å². The Labute approximate surface area is 191 Å². The van der Waals surface area contributed by atoms with E-state index in [9.17, 15) is 4.79 Å². The Balaban J connectivity index is 0.00000300. The molecule has 0 atom stereocenters. The Kier molecular flexibility index (Phi) is 10.0. The van der Waals surface area contributed by atoms with Crippen LogP contribution in [0.25, 0.3) is 0 Å². The Bertz CT molecular complexity index is 671. The third kappa shape index (κ3) is 8.40. The van der Waals surface area contributed by atoms with E-state index in [-0.39, 0.29) is 36.4 Å². The van der Waals surface area contributed by atoms with Gasteiger partial charge in [-0.1, -0.05) is 37.5 Å². The predicted octanol–water partition coefficient (Wildman–Crippen LogP) is 3.55. The summed E-state index contributed by atoms with van der Waals surface area (Å²) in [7, 11) is 3.53. The molecule has 0 saturated heterocycles. The zero-order valence-electron chi connectivity index (χ0n) is 17.7. The van der Waals surface area contributed by atoms with Crippen molar-refractivity contribution in [3.05, 3.63) is 29.8 Å². The molecule has 7 heteroatoms. The lowest BCUT2D eigenvalue weighted by Gasteiger charge is -2.25. The maximum absolute atomic E-state index is 12.0. The minimum atomic E-state index is 0. The summed E-state index contributed by atoms with van der Waals surface area (Å²) in [4.78, 5) is 18.3. The van der Waals surface area contributed by atoms with Gasteiger partial charge in [-0.05, 0) is 37.7 Å². The lowest BCUT2D eigenvalue weighted by molar-refractivity contribution is -0.127. The number of carbonyl (C=O) groups is 1. The highest BCUT2D eigenvalue weighted by molar-refractivity contribution is 14.0. The van der Waals surface area contributed by atoms with Gasteiger partial charge in [0.2, 0.25) is 5.91 Å². The molecule has 2 fully saturated rings. The van der Waals surface area contributed by atoms with Crippen molar-refractivity contribution in [2.75, 3.05) is 27.2 Å². The van der Waals surface area contributed by atoms with Crippen molar-refractivity contribution in [3.8, 4) is 5.75 Å². The predicted molar refractivity (Wildman–Crippen MR) is 128 cm³/mol. The van der Waals surface area contributed by atoms with E-state index in [4.69, 9.17) is 9.73 Å². The van der Waals surface area contributed by atoms with Crippen molar-refractivity contribution < 1.29 is 9.53 Å². The maximum Gasteiger partial charge on any atom is 0.241 e. The number of nitrogens with one attached hydrogen (secondary N) is 2. The molecule has 2 N–H and O–H groups in total. The fourth-order valence-electron chi connectivity index (χ4n) is 3.34. The lowest BCUT2D eigenvalue weighted by Crippen LogP contribution is -2.47. The second kappa shape index (κ2) is 12.2. The number of halogens is 1. The number of hydrogen-bond donors (Lipinski definition) is 2. The number of likely N-dealkylation sites (N-methyl/N-ethyl adjacent to an activating group) is 1. The molecular weight excluding hydrogens is 479 g/mol. The summed E-state index contributed by atoms with van der Waals surface area (Å²) in [6, 6.07) is 8.53. The van der Waals surface area contributed by atoms with Crippen LogP contribution in [0.15, 0.2) is 29.3 Å². The van der Waals surface area contributed by atoms with Crippen LogP contribution in [0.3, 0.4) is 0 Å². The number of ether oxygens (including phenoxy) is 1. The number of para-hydroxylation sites is 1. The number of guanidine groups is 1. The summed E-state index contributed by atoms with van der Waals surface area (Å²) in [5.41, 5.74) is 1.08. The van der Waals surface area contributed by atoms with Crippen molar-refractivity contribution >= 4 is 35.8 Å². The van der Waals surface area contributed by atoms with E-state index in [1.54, 1.807) is 19.0 Å². The van der Waals surface area contributed by atoms with Gasteiger partial charge >= 0.3 is 0 Å². The van der Waals surface area contributed by atoms with Crippen LogP contribution in [0.1, 0.15) is 50.5 Å². The molecule has 1 amide bonds. The molecule has 0 unspecified atom stereocenters. The Morgan fingerprint density at radius 1 is 1.14 bits per heavy atom. The molecule has 2 aliphatic rings. The molecule has 6 nitrogen and oxygen atoms in total. The van der Waals surface area contributed by atoms with Gasteiger partial charge in [0.05, 0.1) is 19.7 Å². The van der Waals surface area contributed by atoms with E-state index < -0.39 is 0 Å². The molecule has 3 rings (SSSR count). The number of nitrogens with zero attached hydrogens (tertiary/aromatic N) is 2. The van der Waals surface area contributed by atoms with E-state index in [1.165, 1.54) is 32.1 Å². The fraction of sp³-hybridized carbons (Fsp3) is 0.636. The van der Waals surface area contributed by atoms with Crippen LogP contribution in [0.4, 0.5) is 0 Å². The first-order valence-electron chi connectivity index (χ1n) is 10.6. The summed E-state index contributed by atoms with van der Waals surface area (Å²) < 4.78 is 6.00. The molecule has 0 aromatic heterocycles. The number of rotatable bonds is 8. The zero-order valence-corrected chi connectivity index (χ0v) is 20.0. The van der Waals surface area contributed by atoms with Crippen molar-refractivity contribution in [3.63, 3.8) is 0 Å². The van der Waals surface area contributed by atoms with Gasteiger partial charge < -0.3 is 20.3 Å². The van der Waals surface area contributed by atoms with E-state index in [2.05, 4.69) is 16.7 Å². The summed E-state index contributed by atoms with van der Waals surface area (Å²) >= 11 is 0. The highest BCUT2D eigenvalue weighted by Gasteiger charge is 2.22. The number of carbonyl (C=O) groups excluding carboxylic acids is 1. The smallest absolute Gasteiger partial charge is 0.241 e. The minimum absolute atomic E-state index is 0. The van der Waals surface area contributed by atoms with Crippen molar-refractivity contribution in [1.82, 2.24) is 15.5 Å². The van der Waals surface area contributed by atoms with Gasteiger partial charge in [0.15, 0.2) is 5.96 Å². The monoisotopic (exact) mass is 514 g/mol. The van der Waals surface area contributed by atoms with Crippen LogP contribution in [-0.4, -0.2) is 50.1 Å². The Hall–Kier alpha value is -1.51. The minimum Gasteiger partial charge on any atom is -0.493 e. The molecule has 0 aliphatic heterocycles. The molecule has 0 spiro atoms. The first-order chi connectivity index (χ1) is 13.6. The normalized spacial score (nSPS) is 17.2. The van der Waals surface area contributed by atoms with Crippen LogP contribution in [-0.2, 0) is 11.3 Å². The molecular formula is C22H35IN4O2. The van der Waals surface area contributed by atoms with Crippen LogP contribution in [0.5, 0.6) is 5.75 Å². The first-order valence-corrected chi connectivity index (χ1v) is 10.6. The number of aliphatic imine (C=N–C) groups is 1. The van der Waals surface area contributed by atoms with Gasteiger partial charge in [-0.25, -0.2) is 4.99 Å². The van der Waals surface area contributed by atoms with Crippen LogP contribution in [0.2, 0.25) is 0 Å². The molecule has 0 radical (unpaired) electrons. The van der Waals surface area contributed by atoms with E-state index in [0.29, 0.717) is 18.5 Å². The Morgan fingerprint density at radius 2 is 1.86 bits per heavy atom. The fourth-order valence-corrected chi connectivity index (χ4v) is 3.34. The number of benzene rings is 1. The van der Waals surface area contributed by atoms with Crippen molar-refractivity contribution in [2.24, 2.45) is 10.9 Å². The van der Waals surface area contributed by atoms with Crippen molar-refractivity contribution in [1.29, 1.82) is 0 Å². The van der Waals surface area contributed by atoms with Gasteiger partial charge in [0.25, 0.3) is 0 Å². The molecule has 1 aromatic carbocycles. The third-order valence-electron chi connectivity index (χ3n) is 5.40. The highest BCUT2D eigenvalue weighted by atomic mass is 127. The highest BCUT2D eigenvalue weighted by Crippen LogP contribution is 2.30. The third-order valence-corrected chi connectivity index (χ3v) is 5.40. The SMILES string of the molecule is CN(C)C(=O)CNC(=NCc1ccccc1OCC1CC1)NC1CCCCC1.I.